The molecule has 1 aliphatic heterocycles. The van der Waals surface area contributed by atoms with Crippen LogP contribution < -0.4 is 21.5 Å². The molecule has 0 unspecified atom stereocenters. The van der Waals surface area contributed by atoms with Gasteiger partial charge in [-0.2, -0.15) is 0 Å². The van der Waals surface area contributed by atoms with E-state index in [0.717, 1.165) is 5.56 Å². The number of aliphatic carboxylic acids is 1. The number of carboxylic acid groups (broad SMARTS) is 1. The van der Waals surface area contributed by atoms with Gasteiger partial charge in [0.25, 0.3) is 5.56 Å². The van der Waals surface area contributed by atoms with Crippen LogP contribution in [-0.4, -0.2) is 57.5 Å². The molecular formula is C24H28N4O7S. The fourth-order valence-electron chi connectivity index (χ4n) is 3.49. The topological polar surface area (TPSA) is 156 Å². The molecule has 2 heterocycles. The Morgan fingerprint density at radius 3 is 2.47 bits per heavy atom. The van der Waals surface area contributed by atoms with Crippen molar-refractivity contribution < 1.29 is 29.0 Å². The number of nitrogens with zero attached hydrogens (tertiary/aromatic N) is 1. The average Bonchev–Trinajstić information content (AvgIpc) is 3.23. The molecule has 2 aromatic rings. The van der Waals surface area contributed by atoms with E-state index in [-0.39, 0.29) is 17.9 Å². The van der Waals surface area contributed by atoms with Gasteiger partial charge in [0, 0.05) is 12.2 Å². The molecule has 0 saturated carbocycles. The summed E-state index contributed by atoms with van der Waals surface area (Å²) < 4.78 is 6.51. The van der Waals surface area contributed by atoms with Crippen molar-refractivity contribution in [1.29, 1.82) is 0 Å². The van der Waals surface area contributed by atoms with Gasteiger partial charge in [-0.15, -0.1) is 11.8 Å². The highest BCUT2D eigenvalue weighted by molar-refractivity contribution is 7.99. The molecule has 0 fully saturated rings. The number of carbonyl (C=O) groups excluding carboxylic acids is 3. The Kier molecular flexibility index (Phi) is 8.41. The van der Waals surface area contributed by atoms with Crippen LogP contribution in [0.3, 0.4) is 0 Å². The highest BCUT2D eigenvalue weighted by Gasteiger charge is 2.32. The zero-order chi connectivity index (χ0) is 26.5. The van der Waals surface area contributed by atoms with E-state index < -0.39 is 53.7 Å². The van der Waals surface area contributed by atoms with Gasteiger partial charge in [-0.3, -0.25) is 23.7 Å². The Bertz CT molecular complexity index is 1210. The van der Waals surface area contributed by atoms with E-state index in [2.05, 4.69) is 16.0 Å². The van der Waals surface area contributed by atoms with E-state index in [1.54, 1.807) is 51.1 Å². The maximum atomic E-state index is 13.2. The monoisotopic (exact) mass is 516 g/mol. The lowest BCUT2D eigenvalue weighted by atomic mass is 10.1. The second-order valence-electron chi connectivity index (χ2n) is 9.08. The zero-order valence-corrected chi connectivity index (χ0v) is 20.9. The molecule has 192 valence electrons. The standard InChI is InChI=1S/C24H28N4O7S/c1-24(2,3)35-23(34)27-16(11-14-7-5-4-6-8-14)20(31)26-15-9-10-18-28(22(15)33)17(13-36-18)21(32)25-12-19(29)30/h4-10,16-17H,11-13H2,1-3H3,(H,25,32)(H,26,31)(H,27,34)(H,29,30)/t16-,17-/m0/s1. The largest absolute Gasteiger partial charge is 0.480 e. The lowest BCUT2D eigenvalue weighted by Crippen LogP contribution is -2.47. The zero-order valence-electron chi connectivity index (χ0n) is 20.1. The number of nitrogens with one attached hydrogen (secondary N) is 3. The number of thioether (sulfide) groups is 1. The van der Waals surface area contributed by atoms with E-state index in [9.17, 15) is 24.0 Å². The van der Waals surface area contributed by atoms with Gasteiger partial charge in [-0.05, 0) is 38.5 Å². The first kappa shape index (κ1) is 26.8. The molecule has 4 N–H and O–H groups in total. The van der Waals surface area contributed by atoms with Crippen LogP contribution in [0.25, 0.3) is 0 Å². The van der Waals surface area contributed by atoms with Crippen LogP contribution in [0.15, 0.2) is 52.3 Å². The summed E-state index contributed by atoms with van der Waals surface area (Å²) in [6, 6.07) is 10.1. The van der Waals surface area contributed by atoms with Crippen LogP contribution in [0.2, 0.25) is 0 Å². The molecule has 0 aliphatic carbocycles. The number of benzene rings is 1. The molecular weight excluding hydrogens is 488 g/mol. The predicted octanol–water partition coefficient (Wildman–Crippen LogP) is 1.77. The van der Waals surface area contributed by atoms with Crippen LogP contribution in [0.1, 0.15) is 32.4 Å². The number of amides is 3. The first-order chi connectivity index (χ1) is 16.9. The molecule has 0 radical (unpaired) electrons. The minimum atomic E-state index is -1.20. The molecule has 1 aliphatic rings. The van der Waals surface area contributed by atoms with Crippen LogP contribution in [0, 0.1) is 0 Å². The molecule has 3 amide bonds. The molecule has 1 aromatic heterocycles. The average molecular weight is 517 g/mol. The minimum absolute atomic E-state index is 0.0775. The molecule has 0 bridgehead atoms. The lowest BCUT2D eigenvalue weighted by molar-refractivity contribution is -0.138. The van der Waals surface area contributed by atoms with E-state index in [1.165, 1.54) is 22.4 Å². The number of ether oxygens (including phenoxy) is 1. The number of alkyl carbamates (subject to hydrolysis) is 1. The number of carbonyl (C=O) groups is 4. The second-order valence-corrected chi connectivity index (χ2v) is 10.1. The van der Waals surface area contributed by atoms with Gasteiger partial charge in [0.15, 0.2) is 0 Å². The second kappa shape index (κ2) is 11.3. The molecule has 12 heteroatoms. The van der Waals surface area contributed by atoms with Crippen molar-refractivity contribution in [1.82, 2.24) is 15.2 Å². The number of carboxylic acids is 1. The summed E-state index contributed by atoms with van der Waals surface area (Å²) in [7, 11) is 0. The summed E-state index contributed by atoms with van der Waals surface area (Å²) >= 11 is 1.27. The van der Waals surface area contributed by atoms with Gasteiger partial charge in [0.1, 0.15) is 29.9 Å². The smallest absolute Gasteiger partial charge is 0.408 e. The maximum Gasteiger partial charge on any atom is 0.408 e. The van der Waals surface area contributed by atoms with Gasteiger partial charge >= 0.3 is 12.1 Å². The number of anilines is 1. The number of hydrogen-bond donors (Lipinski definition) is 4. The van der Waals surface area contributed by atoms with Crippen LogP contribution in [0.4, 0.5) is 10.5 Å². The molecule has 11 nitrogen and oxygen atoms in total. The van der Waals surface area contributed by atoms with Crippen molar-refractivity contribution >= 4 is 41.3 Å². The number of fused-ring (bicyclic) bond motifs is 1. The number of aromatic nitrogens is 1. The number of rotatable bonds is 8. The molecule has 3 rings (SSSR count). The Hall–Kier alpha value is -3.80. The quantitative estimate of drug-likeness (QED) is 0.414. The van der Waals surface area contributed by atoms with Gasteiger partial charge < -0.3 is 25.8 Å². The molecule has 1 aromatic carbocycles. The van der Waals surface area contributed by atoms with Crippen molar-refractivity contribution in [3.8, 4) is 0 Å². The summed E-state index contributed by atoms with van der Waals surface area (Å²) in [5.74, 6) is -2.21. The van der Waals surface area contributed by atoms with E-state index in [1.807, 2.05) is 6.07 Å². The Labute approximate surface area is 211 Å². The summed E-state index contributed by atoms with van der Waals surface area (Å²) in [6.45, 7) is 4.53. The minimum Gasteiger partial charge on any atom is -0.480 e. The van der Waals surface area contributed by atoms with Crippen LogP contribution in [0.5, 0.6) is 0 Å². The highest BCUT2D eigenvalue weighted by Crippen LogP contribution is 2.32. The number of hydrogen-bond acceptors (Lipinski definition) is 7. The molecule has 0 spiro atoms. The first-order valence-corrected chi connectivity index (χ1v) is 12.2. The Morgan fingerprint density at radius 2 is 1.83 bits per heavy atom. The van der Waals surface area contributed by atoms with E-state index in [0.29, 0.717) is 5.03 Å². The summed E-state index contributed by atoms with van der Waals surface area (Å²) in [5, 5.41) is 16.7. The predicted molar refractivity (Wildman–Crippen MR) is 133 cm³/mol. The van der Waals surface area contributed by atoms with Crippen LogP contribution in [-0.2, 0) is 25.5 Å². The Morgan fingerprint density at radius 1 is 1.14 bits per heavy atom. The van der Waals surface area contributed by atoms with E-state index >= 15 is 0 Å². The third-order valence-electron chi connectivity index (χ3n) is 5.04. The summed E-state index contributed by atoms with van der Waals surface area (Å²) in [6.07, 6.45) is -0.635. The maximum absolute atomic E-state index is 13.2. The van der Waals surface area contributed by atoms with Crippen molar-refractivity contribution in [3.63, 3.8) is 0 Å². The molecule has 36 heavy (non-hydrogen) atoms. The van der Waals surface area contributed by atoms with Gasteiger partial charge in [-0.1, -0.05) is 30.3 Å². The molecule has 0 saturated heterocycles. The third-order valence-corrected chi connectivity index (χ3v) is 6.16. The SMILES string of the molecule is CC(C)(C)OC(=O)N[C@@H](Cc1ccccc1)C(=O)Nc1ccc2n(c1=O)[C@H](C(=O)NCC(=O)O)CS2. The van der Waals surface area contributed by atoms with Gasteiger partial charge in [-0.25, -0.2) is 4.79 Å². The lowest BCUT2D eigenvalue weighted by Gasteiger charge is -2.23. The fourth-order valence-corrected chi connectivity index (χ4v) is 4.63. The number of pyridine rings is 1. The van der Waals surface area contributed by atoms with Gasteiger partial charge in [0.2, 0.25) is 11.8 Å². The van der Waals surface area contributed by atoms with Crippen LogP contribution >= 0.6 is 11.8 Å². The molecule has 2 atom stereocenters. The summed E-state index contributed by atoms with van der Waals surface area (Å²) in [4.78, 5) is 62.0. The van der Waals surface area contributed by atoms with Crippen molar-refractivity contribution in [2.24, 2.45) is 0 Å². The van der Waals surface area contributed by atoms with Crippen molar-refractivity contribution in [3.05, 3.63) is 58.4 Å². The van der Waals surface area contributed by atoms with Gasteiger partial charge in [0.05, 0.1) is 5.03 Å². The first-order valence-electron chi connectivity index (χ1n) is 11.2. The summed E-state index contributed by atoms with van der Waals surface area (Å²) in [5.41, 5.74) is -0.681. The third kappa shape index (κ3) is 7.11. The van der Waals surface area contributed by atoms with Crippen molar-refractivity contribution in [2.75, 3.05) is 17.6 Å². The Balaban J connectivity index is 1.82. The van der Waals surface area contributed by atoms with E-state index in [4.69, 9.17) is 9.84 Å². The van der Waals surface area contributed by atoms with Crippen molar-refractivity contribution in [2.45, 2.75) is 49.9 Å². The fraction of sp³-hybridized carbons (Fsp3) is 0.375. The normalized spacial score (nSPS) is 15.4. The highest BCUT2D eigenvalue weighted by atomic mass is 32.2.